The van der Waals surface area contributed by atoms with Gasteiger partial charge < -0.3 is 58.5 Å². The fourth-order valence-electron chi connectivity index (χ4n) is 10.7. The van der Waals surface area contributed by atoms with Crippen molar-refractivity contribution in [2.24, 2.45) is 11.8 Å². The van der Waals surface area contributed by atoms with Gasteiger partial charge in [0.25, 0.3) is 0 Å². The van der Waals surface area contributed by atoms with Crippen LogP contribution in [0.25, 0.3) is 0 Å². The number of Topliss-reactive ketones (excluding diaryl/α,β-unsaturated/α-hetero) is 2. The number of alkyl carbamates (subject to hydrolysis) is 1. The van der Waals surface area contributed by atoms with Gasteiger partial charge in [-0.15, -0.1) is 0 Å². The second kappa shape index (κ2) is 19.2. The summed E-state index contributed by atoms with van der Waals surface area (Å²) in [5.74, 6) is -0.322. The van der Waals surface area contributed by atoms with Crippen LogP contribution in [0, 0.1) is 11.8 Å². The number of nitrogens with one attached hydrogen (secondary N) is 1. The molecule has 0 saturated carbocycles. The summed E-state index contributed by atoms with van der Waals surface area (Å²) in [6.07, 6.45) is -4.81. The van der Waals surface area contributed by atoms with Crippen molar-refractivity contribution in [3.8, 4) is 0 Å². The second-order valence-corrected chi connectivity index (χ2v) is 19.5. The van der Waals surface area contributed by atoms with E-state index in [1.807, 2.05) is 0 Å². The molecule has 7 aliphatic heterocycles. The molecular formula is C45H69NO14. The van der Waals surface area contributed by atoms with Crippen molar-refractivity contribution in [3.05, 3.63) is 24.3 Å². The minimum atomic E-state index is -1.12. The Balaban J connectivity index is 1.09. The number of aliphatic hydroxyl groups excluding tert-OH is 3. The van der Waals surface area contributed by atoms with E-state index < -0.39 is 84.9 Å². The van der Waals surface area contributed by atoms with Crippen molar-refractivity contribution in [2.75, 3.05) is 13.7 Å². The number of carbonyl (C=O) groups excluding carboxylic acids is 3. The number of amides is 1. The van der Waals surface area contributed by atoms with Gasteiger partial charge in [-0.05, 0) is 82.8 Å². The number of rotatable bonds is 5. The Morgan fingerprint density at radius 2 is 1.48 bits per heavy atom. The van der Waals surface area contributed by atoms with Crippen LogP contribution in [0.4, 0.5) is 4.79 Å². The maximum Gasteiger partial charge on any atom is 0.407 e. The molecule has 0 aliphatic carbocycles. The van der Waals surface area contributed by atoms with E-state index in [4.69, 9.17) is 37.9 Å². The Morgan fingerprint density at radius 3 is 2.23 bits per heavy atom. The predicted octanol–water partition coefficient (Wildman–Crippen LogP) is 3.80. The highest BCUT2D eigenvalue weighted by atomic mass is 16.6. The van der Waals surface area contributed by atoms with Gasteiger partial charge in [-0.3, -0.25) is 9.59 Å². The lowest BCUT2D eigenvalue weighted by atomic mass is 9.81. The lowest BCUT2D eigenvalue weighted by molar-refractivity contribution is -0.259. The maximum absolute atomic E-state index is 14.1. The Morgan fingerprint density at radius 1 is 0.783 bits per heavy atom. The first-order valence-corrected chi connectivity index (χ1v) is 22.3. The lowest BCUT2D eigenvalue weighted by Crippen LogP contribution is -2.61. The van der Waals surface area contributed by atoms with Gasteiger partial charge in [0, 0.05) is 58.1 Å². The van der Waals surface area contributed by atoms with E-state index in [0.717, 1.165) is 30.4 Å². The van der Waals surface area contributed by atoms with Gasteiger partial charge in [0.2, 0.25) is 0 Å². The number of ketones is 2. The van der Waals surface area contributed by atoms with Crippen LogP contribution in [0.3, 0.4) is 0 Å². The van der Waals surface area contributed by atoms with E-state index in [-0.39, 0.29) is 86.5 Å². The summed E-state index contributed by atoms with van der Waals surface area (Å²) in [5.41, 5.74) is 1.28. The second-order valence-electron chi connectivity index (χ2n) is 19.5. The summed E-state index contributed by atoms with van der Waals surface area (Å²) in [7, 11) is 1.58. The molecule has 8 bridgehead atoms. The quantitative estimate of drug-likeness (QED) is 0.292. The molecule has 1 amide bonds. The molecule has 7 saturated heterocycles. The number of hydrogen-bond donors (Lipinski definition) is 4. The van der Waals surface area contributed by atoms with Gasteiger partial charge in [0.1, 0.15) is 47.7 Å². The number of hydrogen-bond acceptors (Lipinski definition) is 14. The highest BCUT2D eigenvalue weighted by Crippen LogP contribution is 2.43. The zero-order valence-electron chi connectivity index (χ0n) is 36.0. The van der Waals surface area contributed by atoms with E-state index in [9.17, 15) is 29.7 Å². The van der Waals surface area contributed by atoms with E-state index in [1.54, 1.807) is 27.9 Å². The fourth-order valence-corrected chi connectivity index (χ4v) is 10.7. The first-order valence-electron chi connectivity index (χ1n) is 22.3. The van der Waals surface area contributed by atoms with Gasteiger partial charge >= 0.3 is 6.09 Å². The van der Waals surface area contributed by atoms with Gasteiger partial charge in [0.05, 0.1) is 67.1 Å². The number of ether oxygens (including phenoxy) is 8. The third kappa shape index (κ3) is 10.7. The Kier molecular flexibility index (Phi) is 14.6. The number of aliphatic hydroxyl groups is 3. The van der Waals surface area contributed by atoms with E-state index in [2.05, 4.69) is 25.4 Å². The zero-order chi connectivity index (χ0) is 43.0. The molecule has 15 nitrogen and oxygen atoms in total. The smallest absolute Gasteiger partial charge is 0.407 e. The van der Waals surface area contributed by atoms with Crippen molar-refractivity contribution in [2.45, 2.75) is 214 Å². The lowest BCUT2D eigenvalue weighted by Gasteiger charge is -2.46. The van der Waals surface area contributed by atoms with Crippen LogP contribution in [0.15, 0.2) is 24.3 Å². The van der Waals surface area contributed by atoms with E-state index in [0.29, 0.717) is 32.1 Å². The van der Waals surface area contributed by atoms with Crippen molar-refractivity contribution < 1.29 is 67.6 Å². The normalized spacial score (nSPS) is 43.6. The molecule has 0 aromatic heterocycles. The number of methoxy groups -OCH3 is 1. The van der Waals surface area contributed by atoms with Gasteiger partial charge in [0.15, 0.2) is 0 Å². The monoisotopic (exact) mass is 847 g/mol. The minimum absolute atomic E-state index is 0.00451. The molecule has 14 unspecified atom stereocenters. The van der Waals surface area contributed by atoms with Crippen molar-refractivity contribution in [3.63, 3.8) is 0 Å². The molecule has 7 rings (SSSR count). The largest absolute Gasteiger partial charge is 0.444 e. The topological polar surface area (TPSA) is 198 Å². The van der Waals surface area contributed by atoms with Crippen LogP contribution in [-0.4, -0.2) is 150 Å². The van der Waals surface area contributed by atoms with Crippen molar-refractivity contribution in [1.29, 1.82) is 0 Å². The molecule has 60 heavy (non-hydrogen) atoms. The Hall–Kier alpha value is -2.31. The molecule has 7 heterocycles. The number of carbonyl (C=O) groups is 3. The fraction of sp³-hybridized carbons (Fsp3) is 0.844. The molecule has 18 atom stereocenters. The molecule has 0 radical (unpaired) electrons. The van der Waals surface area contributed by atoms with E-state index >= 15 is 0 Å². The molecule has 0 spiro atoms. The summed E-state index contributed by atoms with van der Waals surface area (Å²) in [6.45, 7) is 16.1. The van der Waals surface area contributed by atoms with Crippen LogP contribution >= 0.6 is 0 Å². The zero-order valence-corrected chi connectivity index (χ0v) is 36.0. The Labute approximate surface area is 354 Å². The summed E-state index contributed by atoms with van der Waals surface area (Å²) in [6, 6.07) is 0. The van der Waals surface area contributed by atoms with Crippen LogP contribution in [0.5, 0.6) is 0 Å². The van der Waals surface area contributed by atoms with Crippen LogP contribution < -0.4 is 5.32 Å². The molecule has 7 fully saturated rings. The SMILES string of the molecule is C=C1CC2CCC(=O)CC3OC4C(O)[C@H]5OC(CCC5O[C@H]4C3O)CC(=O)CC3C(CC4OC(CCC1O2)CC(C)C4=C)O[C@H](CC(O)CNC(=O)OC(C)(C)C)[C@@H]3OC. The molecule has 0 aromatic rings. The van der Waals surface area contributed by atoms with Crippen molar-refractivity contribution >= 4 is 17.7 Å². The van der Waals surface area contributed by atoms with E-state index in [1.165, 1.54) is 0 Å². The first kappa shape index (κ1) is 45.7. The van der Waals surface area contributed by atoms with Crippen LogP contribution in [0.2, 0.25) is 0 Å². The molecule has 15 heteroatoms. The van der Waals surface area contributed by atoms with Gasteiger partial charge in [-0.2, -0.15) is 0 Å². The summed E-state index contributed by atoms with van der Waals surface area (Å²) < 4.78 is 50.1. The highest BCUT2D eigenvalue weighted by Gasteiger charge is 2.57. The summed E-state index contributed by atoms with van der Waals surface area (Å²) in [4.78, 5) is 39.6. The van der Waals surface area contributed by atoms with Crippen LogP contribution in [0.1, 0.15) is 111 Å². The third-order valence-corrected chi connectivity index (χ3v) is 13.8. The third-order valence-electron chi connectivity index (χ3n) is 13.8. The standard InChI is InChI=1S/C45H69NO14/c1-22-14-29-10-12-32-23(2)15-28(54-32)9-8-25(47)18-36-38(50)42-43(59-36)39(51)41-33(58-42)13-11-30(56-41)16-26(48)17-31-35(20-34(55-29)24(22)3)57-37(40(31)53-7)19-27(49)21-46-44(52)60-45(4,5)6/h22,27-43,49-51H,2-3,8-21H2,1,4-7H3,(H,46,52)/t22?,27?,28?,29?,30?,31?,32?,33?,34?,35?,36?,37-,38?,39?,40-,41+,42+,43?/m1/s1. The van der Waals surface area contributed by atoms with Crippen molar-refractivity contribution in [1.82, 2.24) is 5.32 Å². The highest BCUT2D eigenvalue weighted by molar-refractivity contribution is 5.79. The minimum Gasteiger partial charge on any atom is -0.444 e. The summed E-state index contributed by atoms with van der Waals surface area (Å²) in [5, 5.41) is 36.5. The first-order chi connectivity index (χ1) is 28.5. The summed E-state index contributed by atoms with van der Waals surface area (Å²) >= 11 is 0. The Bertz CT molecular complexity index is 1570. The van der Waals surface area contributed by atoms with Gasteiger partial charge in [-0.25, -0.2) is 4.79 Å². The molecule has 4 N–H and O–H groups in total. The van der Waals surface area contributed by atoms with Gasteiger partial charge in [-0.1, -0.05) is 20.1 Å². The average molecular weight is 848 g/mol. The molecular weight excluding hydrogens is 778 g/mol. The molecule has 0 aromatic carbocycles. The predicted molar refractivity (Wildman–Crippen MR) is 216 cm³/mol. The number of fused-ring (bicyclic) bond motifs is 7. The molecule has 338 valence electrons. The molecule has 7 aliphatic rings. The average Bonchev–Trinajstić information content (AvgIpc) is 3.81. The maximum atomic E-state index is 14.1. The van der Waals surface area contributed by atoms with Crippen LogP contribution in [-0.2, 0) is 47.5 Å².